The Hall–Kier alpha value is -3.34. The molecule has 0 aliphatic carbocycles. The van der Waals surface area contributed by atoms with Crippen LogP contribution in [0.3, 0.4) is 0 Å². The molecule has 0 bridgehead atoms. The average Bonchev–Trinajstić information content (AvgIpc) is 3.01. The molecule has 0 unspecified atom stereocenters. The Kier molecular flexibility index (Phi) is 6.17. The number of aliphatic imine (C=N–C) groups is 1. The van der Waals surface area contributed by atoms with Gasteiger partial charge in [0.2, 0.25) is 0 Å². The minimum atomic E-state index is -0.934. The summed E-state index contributed by atoms with van der Waals surface area (Å²) in [5, 5.41) is 8.99. The van der Waals surface area contributed by atoms with Gasteiger partial charge in [0.25, 0.3) is 0 Å². The fraction of sp³-hybridized carbons (Fsp3) is 0.250. The topological polar surface area (TPSA) is 57.8 Å². The van der Waals surface area contributed by atoms with Gasteiger partial charge in [-0.3, -0.25) is 4.99 Å². The first-order valence-electron chi connectivity index (χ1n) is 9.86. The molecular weight excluding hydrogens is 362 g/mol. The average molecular weight is 389 g/mol. The van der Waals surface area contributed by atoms with Crippen molar-refractivity contribution < 1.29 is 9.90 Å². The van der Waals surface area contributed by atoms with E-state index in [0.717, 1.165) is 41.4 Å². The third kappa shape index (κ3) is 4.40. The molecule has 3 aromatic rings. The van der Waals surface area contributed by atoms with E-state index in [1.807, 2.05) is 6.21 Å². The third-order valence-electron chi connectivity index (χ3n) is 5.17. The highest BCUT2D eigenvalue weighted by Crippen LogP contribution is 2.23. The van der Waals surface area contributed by atoms with Crippen molar-refractivity contribution in [3.05, 3.63) is 77.1 Å². The smallest absolute Gasteiger partial charge is 0.335 e. The summed E-state index contributed by atoms with van der Waals surface area (Å²) in [4.78, 5) is 17.8. The zero-order valence-corrected chi connectivity index (χ0v) is 17.4. The van der Waals surface area contributed by atoms with Gasteiger partial charge in [-0.05, 0) is 82.3 Å². The van der Waals surface area contributed by atoms with Gasteiger partial charge in [-0.1, -0.05) is 0 Å². The Morgan fingerprint density at radius 2 is 1.66 bits per heavy atom. The number of carbonyl (C=O) groups is 1. The lowest BCUT2D eigenvalue weighted by atomic mass is 10.2. The van der Waals surface area contributed by atoms with E-state index in [9.17, 15) is 4.79 Å². The van der Waals surface area contributed by atoms with E-state index < -0.39 is 5.97 Å². The molecule has 29 heavy (non-hydrogen) atoms. The van der Waals surface area contributed by atoms with E-state index in [4.69, 9.17) is 5.11 Å². The molecule has 5 nitrogen and oxygen atoms in total. The van der Waals surface area contributed by atoms with Crippen molar-refractivity contribution in [3.63, 3.8) is 0 Å². The number of aromatic carboxylic acids is 1. The van der Waals surface area contributed by atoms with Gasteiger partial charge in [-0.25, -0.2) is 4.79 Å². The quantitative estimate of drug-likeness (QED) is 0.551. The molecule has 0 spiro atoms. The van der Waals surface area contributed by atoms with E-state index >= 15 is 0 Å². The van der Waals surface area contributed by atoms with Crippen LogP contribution in [-0.4, -0.2) is 34.9 Å². The van der Waals surface area contributed by atoms with E-state index in [1.54, 1.807) is 24.3 Å². The van der Waals surface area contributed by atoms with E-state index in [0.29, 0.717) is 0 Å². The van der Waals surface area contributed by atoms with E-state index in [-0.39, 0.29) is 5.56 Å². The Balaban J connectivity index is 1.85. The summed E-state index contributed by atoms with van der Waals surface area (Å²) in [5.41, 5.74) is 6.63. The second-order valence-corrected chi connectivity index (χ2v) is 6.96. The van der Waals surface area contributed by atoms with Gasteiger partial charge in [0.15, 0.2) is 0 Å². The van der Waals surface area contributed by atoms with Crippen LogP contribution in [-0.2, 0) is 0 Å². The summed E-state index contributed by atoms with van der Waals surface area (Å²) in [6.45, 7) is 10.5. The normalized spacial score (nSPS) is 11.2. The van der Waals surface area contributed by atoms with Crippen LogP contribution in [0.25, 0.3) is 5.69 Å². The fourth-order valence-corrected chi connectivity index (χ4v) is 3.55. The van der Waals surface area contributed by atoms with Crippen molar-refractivity contribution in [3.8, 4) is 5.69 Å². The zero-order valence-electron chi connectivity index (χ0n) is 17.4. The molecule has 3 rings (SSSR count). The molecule has 1 N–H and O–H groups in total. The van der Waals surface area contributed by atoms with Crippen LogP contribution < -0.4 is 4.90 Å². The lowest BCUT2D eigenvalue weighted by molar-refractivity contribution is 0.0697. The molecule has 0 fully saturated rings. The number of nitrogens with zero attached hydrogens (tertiary/aromatic N) is 3. The lowest BCUT2D eigenvalue weighted by Gasteiger charge is -2.21. The molecule has 0 atom stereocenters. The molecular formula is C24H27N3O2. The second-order valence-electron chi connectivity index (χ2n) is 6.96. The van der Waals surface area contributed by atoms with Gasteiger partial charge in [-0.15, -0.1) is 0 Å². The van der Waals surface area contributed by atoms with Crippen molar-refractivity contribution in [1.29, 1.82) is 0 Å². The highest BCUT2D eigenvalue weighted by Gasteiger charge is 2.10. The van der Waals surface area contributed by atoms with Crippen molar-refractivity contribution in [2.45, 2.75) is 27.7 Å². The maximum absolute atomic E-state index is 11.0. The van der Waals surface area contributed by atoms with Crippen LogP contribution in [0.1, 0.15) is 41.2 Å². The maximum Gasteiger partial charge on any atom is 0.335 e. The number of aromatic nitrogens is 1. The number of aryl methyl sites for hydroxylation is 1. The maximum atomic E-state index is 11.0. The SMILES string of the molecule is CCN(CC)c1ccc(-n2c(C)cc(C=Nc3ccc(C(=O)O)cc3)c2C)cc1. The van der Waals surface area contributed by atoms with Gasteiger partial charge in [0.05, 0.1) is 11.3 Å². The van der Waals surface area contributed by atoms with Crippen LogP contribution in [0.15, 0.2) is 59.6 Å². The van der Waals surface area contributed by atoms with Crippen LogP contribution in [0, 0.1) is 13.8 Å². The van der Waals surface area contributed by atoms with Crippen molar-refractivity contribution in [1.82, 2.24) is 4.57 Å². The molecule has 1 aromatic heterocycles. The van der Waals surface area contributed by atoms with Gasteiger partial charge < -0.3 is 14.6 Å². The number of benzene rings is 2. The molecule has 0 saturated carbocycles. The molecule has 5 heteroatoms. The number of hydrogen-bond acceptors (Lipinski definition) is 3. The number of hydrogen-bond donors (Lipinski definition) is 1. The Morgan fingerprint density at radius 1 is 1.03 bits per heavy atom. The second kappa shape index (κ2) is 8.78. The number of carboxylic acid groups (broad SMARTS) is 1. The van der Waals surface area contributed by atoms with E-state index in [2.05, 4.69) is 72.5 Å². The first kappa shape index (κ1) is 20.4. The molecule has 0 amide bonds. The predicted octanol–water partition coefficient (Wildman–Crippen LogP) is 5.39. The summed E-state index contributed by atoms with van der Waals surface area (Å²) in [7, 11) is 0. The van der Waals surface area contributed by atoms with Crippen molar-refractivity contribution in [2.75, 3.05) is 18.0 Å². The first-order valence-corrected chi connectivity index (χ1v) is 9.86. The van der Waals surface area contributed by atoms with Gasteiger partial charge >= 0.3 is 5.97 Å². The van der Waals surface area contributed by atoms with Crippen LogP contribution in [0.5, 0.6) is 0 Å². The molecule has 150 valence electrons. The monoisotopic (exact) mass is 389 g/mol. The number of anilines is 1. The highest BCUT2D eigenvalue weighted by molar-refractivity contribution is 5.88. The van der Waals surface area contributed by atoms with Gasteiger partial charge in [0, 0.05) is 47.6 Å². The predicted molar refractivity (Wildman–Crippen MR) is 119 cm³/mol. The molecule has 0 aliphatic rings. The first-order chi connectivity index (χ1) is 13.9. The molecule has 2 aromatic carbocycles. The minimum Gasteiger partial charge on any atom is -0.478 e. The van der Waals surface area contributed by atoms with Gasteiger partial charge in [0.1, 0.15) is 0 Å². The largest absolute Gasteiger partial charge is 0.478 e. The standard InChI is InChI=1S/C24H27N3O2/c1-5-26(6-2)22-11-13-23(14-12-22)27-17(3)15-20(18(27)4)16-25-21-9-7-19(8-10-21)24(28)29/h7-16H,5-6H2,1-4H3,(H,28,29). The number of carboxylic acids is 1. The minimum absolute atomic E-state index is 0.260. The Labute approximate surface area is 171 Å². The molecule has 0 saturated heterocycles. The summed E-state index contributed by atoms with van der Waals surface area (Å²) in [5.74, 6) is -0.934. The zero-order chi connectivity index (χ0) is 21.0. The summed E-state index contributed by atoms with van der Waals surface area (Å²) in [6, 6.07) is 17.3. The molecule has 0 aliphatic heterocycles. The highest BCUT2D eigenvalue weighted by atomic mass is 16.4. The summed E-state index contributed by atoms with van der Waals surface area (Å²) in [6.07, 6.45) is 1.83. The van der Waals surface area contributed by atoms with Crippen molar-refractivity contribution in [2.24, 2.45) is 4.99 Å². The Morgan fingerprint density at radius 3 is 2.21 bits per heavy atom. The fourth-order valence-electron chi connectivity index (χ4n) is 3.55. The molecule has 0 radical (unpaired) electrons. The Bertz CT molecular complexity index is 1010. The van der Waals surface area contributed by atoms with Crippen LogP contribution in [0.2, 0.25) is 0 Å². The van der Waals surface area contributed by atoms with Gasteiger partial charge in [-0.2, -0.15) is 0 Å². The molecule has 1 heterocycles. The lowest BCUT2D eigenvalue weighted by Crippen LogP contribution is -2.21. The van der Waals surface area contributed by atoms with Crippen LogP contribution >= 0.6 is 0 Å². The summed E-state index contributed by atoms with van der Waals surface area (Å²) >= 11 is 0. The third-order valence-corrected chi connectivity index (χ3v) is 5.17. The number of rotatable bonds is 7. The van der Waals surface area contributed by atoms with Crippen LogP contribution in [0.4, 0.5) is 11.4 Å². The summed E-state index contributed by atoms with van der Waals surface area (Å²) < 4.78 is 2.22. The van der Waals surface area contributed by atoms with E-state index in [1.165, 1.54) is 5.69 Å². The van der Waals surface area contributed by atoms with Crippen molar-refractivity contribution >= 4 is 23.6 Å².